The molecule has 0 bridgehead atoms. The van der Waals surface area contributed by atoms with Crippen molar-refractivity contribution in [1.82, 2.24) is 14.8 Å². The van der Waals surface area contributed by atoms with Crippen LogP contribution in [-0.4, -0.2) is 14.8 Å². The van der Waals surface area contributed by atoms with Crippen LogP contribution < -0.4 is 0 Å². The number of hydrogen-bond acceptors (Lipinski definition) is 2. The van der Waals surface area contributed by atoms with Crippen LogP contribution in [-0.2, 0) is 0 Å². The monoisotopic (exact) mass is 223 g/mol. The molecular weight excluding hydrogens is 218 g/mol. The van der Waals surface area contributed by atoms with E-state index in [-0.39, 0.29) is 0 Å². The quantitative estimate of drug-likeness (QED) is 0.741. The Bertz CT molecular complexity index is 352. The molecule has 2 heterocycles. The van der Waals surface area contributed by atoms with Crippen molar-refractivity contribution in [2.75, 3.05) is 0 Å². The van der Waals surface area contributed by atoms with Crippen LogP contribution in [0.3, 0.4) is 0 Å². The highest BCUT2D eigenvalue weighted by molar-refractivity contribution is 9.10. The van der Waals surface area contributed by atoms with Crippen LogP contribution >= 0.6 is 15.9 Å². The van der Waals surface area contributed by atoms with Gasteiger partial charge in [-0.05, 0) is 40.2 Å². The number of hydrogen-bond donors (Lipinski definition) is 0. The molecule has 0 atom stereocenters. The van der Waals surface area contributed by atoms with Gasteiger partial charge in [0.1, 0.15) is 4.60 Å². The standard InChI is InChI=1S/C8H6BrN3/c9-7-3-4-8(11-10-7)12-5-1-2-6-12/h1-6H. The third-order valence-electron chi connectivity index (χ3n) is 1.49. The van der Waals surface area contributed by atoms with Gasteiger partial charge in [-0.1, -0.05) is 0 Å². The molecule has 3 nitrogen and oxygen atoms in total. The van der Waals surface area contributed by atoms with E-state index in [1.807, 2.05) is 41.2 Å². The van der Waals surface area contributed by atoms with Crippen LogP contribution in [0.1, 0.15) is 0 Å². The van der Waals surface area contributed by atoms with Gasteiger partial charge in [0.15, 0.2) is 5.82 Å². The van der Waals surface area contributed by atoms with Crippen molar-refractivity contribution in [3.8, 4) is 5.82 Å². The van der Waals surface area contributed by atoms with Crippen molar-refractivity contribution in [1.29, 1.82) is 0 Å². The molecule has 0 radical (unpaired) electrons. The predicted molar refractivity (Wildman–Crippen MR) is 49.1 cm³/mol. The first-order chi connectivity index (χ1) is 5.86. The summed E-state index contributed by atoms with van der Waals surface area (Å²) in [6.45, 7) is 0. The summed E-state index contributed by atoms with van der Waals surface area (Å²) >= 11 is 3.23. The molecule has 0 saturated heterocycles. The van der Waals surface area contributed by atoms with Crippen LogP contribution in [0.25, 0.3) is 5.82 Å². The third kappa shape index (κ3) is 1.38. The van der Waals surface area contributed by atoms with Gasteiger partial charge in [0.2, 0.25) is 0 Å². The summed E-state index contributed by atoms with van der Waals surface area (Å²) in [5.41, 5.74) is 0. The lowest BCUT2D eigenvalue weighted by Gasteiger charge is -1.98. The first kappa shape index (κ1) is 7.49. The Morgan fingerprint density at radius 3 is 2.42 bits per heavy atom. The van der Waals surface area contributed by atoms with Gasteiger partial charge in [0, 0.05) is 12.4 Å². The molecule has 0 saturated carbocycles. The van der Waals surface area contributed by atoms with Crippen molar-refractivity contribution in [2.45, 2.75) is 0 Å². The van der Waals surface area contributed by atoms with Gasteiger partial charge >= 0.3 is 0 Å². The zero-order chi connectivity index (χ0) is 8.39. The second-order valence-electron chi connectivity index (χ2n) is 2.30. The van der Waals surface area contributed by atoms with E-state index in [1.165, 1.54) is 0 Å². The molecule has 4 heteroatoms. The van der Waals surface area contributed by atoms with Crippen molar-refractivity contribution in [2.24, 2.45) is 0 Å². The molecule has 0 aromatic carbocycles. The van der Waals surface area contributed by atoms with E-state index in [0.717, 1.165) is 10.4 Å². The molecule has 0 spiro atoms. The zero-order valence-electron chi connectivity index (χ0n) is 6.18. The summed E-state index contributed by atoms with van der Waals surface area (Å²) in [6.07, 6.45) is 3.86. The van der Waals surface area contributed by atoms with Crippen molar-refractivity contribution in [3.63, 3.8) is 0 Å². The third-order valence-corrected chi connectivity index (χ3v) is 1.91. The minimum atomic E-state index is 0.749. The van der Waals surface area contributed by atoms with E-state index >= 15 is 0 Å². The number of nitrogens with zero attached hydrogens (tertiary/aromatic N) is 3. The molecule has 12 heavy (non-hydrogen) atoms. The minimum absolute atomic E-state index is 0.749. The van der Waals surface area contributed by atoms with Crippen LogP contribution in [0, 0.1) is 0 Å². The smallest absolute Gasteiger partial charge is 0.159 e. The zero-order valence-corrected chi connectivity index (χ0v) is 7.77. The Morgan fingerprint density at radius 2 is 1.83 bits per heavy atom. The summed E-state index contributed by atoms with van der Waals surface area (Å²) in [5, 5.41) is 7.87. The van der Waals surface area contributed by atoms with E-state index in [0.29, 0.717) is 0 Å². The molecule has 0 fully saturated rings. The lowest BCUT2D eigenvalue weighted by atomic mass is 10.5. The van der Waals surface area contributed by atoms with Crippen molar-refractivity contribution in [3.05, 3.63) is 41.3 Å². The molecule has 0 aliphatic rings. The van der Waals surface area contributed by atoms with Crippen LogP contribution in [0.2, 0.25) is 0 Å². The maximum atomic E-state index is 3.99. The largest absolute Gasteiger partial charge is 0.307 e. The highest BCUT2D eigenvalue weighted by Crippen LogP contribution is 2.07. The number of rotatable bonds is 1. The average Bonchev–Trinajstić information content (AvgIpc) is 2.58. The van der Waals surface area contributed by atoms with Gasteiger partial charge in [-0.3, -0.25) is 0 Å². The first-order valence-corrected chi connectivity index (χ1v) is 4.28. The van der Waals surface area contributed by atoms with Crippen LogP contribution in [0.5, 0.6) is 0 Å². The van der Waals surface area contributed by atoms with E-state index in [4.69, 9.17) is 0 Å². The topological polar surface area (TPSA) is 30.7 Å². The summed E-state index contributed by atoms with van der Waals surface area (Å²) in [4.78, 5) is 0. The van der Waals surface area contributed by atoms with Gasteiger partial charge in [0.25, 0.3) is 0 Å². The first-order valence-electron chi connectivity index (χ1n) is 3.49. The maximum Gasteiger partial charge on any atom is 0.159 e. The SMILES string of the molecule is Brc1ccc(-n2cccc2)nn1. The summed E-state index contributed by atoms with van der Waals surface area (Å²) < 4.78 is 2.65. The molecule has 2 rings (SSSR count). The van der Waals surface area contributed by atoms with Gasteiger partial charge in [0.05, 0.1) is 0 Å². The summed E-state index contributed by atoms with van der Waals surface area (Å²) in [5.74, 6) is 0.822. The molecule has 0 amide bonds. The second-order valence-corrected chi connectivity index (χ2v) is 3.12. The fourth-order valence-corrected chi connectivity index (χ4v) is 1.15. The predicted octanol–water partition coefficient (Wildman–Crippen LogP) is 2.03. The van der Waals surface area contributed by atoms with E-state index in [1.54, 1.807) is 0 Å². The normalized spacial score (nSPS) is 10.1. The molecule has 0 aliphatic heterocycles. The van der Waals surface area contributed by atoms with Gasteiger partial charge in [-0.25, -0.2) is 0 Å². The Labute approximate surface area is 78.2 Å². The fourth-order valence-electron chi connectivity index (χ4n) is 0.934. The molecule has 0 N–H and O–H groups in total. The summed E-state index contributed by atoms with van der Waals surface area (Å²) in [6, 6.07) is 7.66. The van der Waals surface area contributed by atoms with Crippen LogP contribution in [0.15, 0.2) is 41.3 Å². The lowest BCUT2D eigenvalue weighted by molar-refractivity contribution is 0.907. The Balaban J connectivity index is 2.43. The van der Waals surface area contributed by atoms with Gasteiger partial charge < -0.3 is 4.57 Å². The fraction of sp³-hybridized carbons (Fsp3) is 0. The van der Waals surface area contributed by atoms with E-state index in [9.17, 15) is 0 Å². The van der Waals surface area contributed by atoms with E-state index in [2.05, 4.69) is 26.1 Å². The molecule has 0 aliphatic carbocycles. The Morgan fingerprint density at radius 1 is 1.08 bits per heavy atom. The maximum absolute atomic E-state index is 3.99. The number of aromatic nitrogens is 3. The average molecular weight is 224 g/mol. The second kappa shape index (κ2) is 3.06. The molecule has 0 unspecified atom stereocenters. The lowest BCUT2D eigenvalue weighted by Crippen LogP contribution is -1.95. The Kier molecular flexibility index (Phi) is 1.91. The van der Waals surface area contributed by atoms with Crippen LogP contribution in [0.4, 0.5) is 0 Å². The molecule has 60 valence electrons. The molecule has 2 aromatic heterocycles. The highest BCUT2D eigenvalue weighted by Gasteiger charge is 1.95. The van der Waals surface area contributed by atoms with Crippen molar-refractivity contribution < 1.29 is 0 Å². The Hall–Kier alpha value is -1.16. The summed E-state index contributed by atoms with van der Waals surface area (Å²) in [7, 11) is 0. The molecular formula is C8H6BrN3. The van der Waals surface area contributed by atoms with Gasteiger partial charge in [-0.15, -0.1) is 10.2 Å². The molecule has 2 aromatic rings. The number of halogens is 1. The highest BCUT2D eigenvalue weighted by atomic mass is 79.9. The van der Waals surface area contributed by atoms with E-state index < -0.39 is 0 Å². The van der Waals surface area contributed by atoms with Crippen molar-refractivity contribution >= 4 is 15.9 Å². The van der Waals surface area contributed by atoms with Gasteiger partial charge in [-0.2, -0.15) is 0 Å². The minimum Gasteiger partial charge on any atom is -0.307 e.